The monoisotopic (exact) mass is 318 g/mol. The molecule has 0 saturated carbocycles. The third-order valence-corrected chi connectivity index (χ3v) is 4.10. The van der Waals surface area contributed by atoms with Crippen molar-refractivity contribution in [3.05, 3.63) is 35.4 Å². The summed E-state index contributed by atoms with van der Waals surface area (Å²) in [6.45, 7) is 2.21. The Labute approximate surface area is 117 Å². The maximum atomic E-state index is 13.1. The molecule has 0 fully saturated rings. The van der Waals surface area contributed by atoms with Crippen molar-refractivity contribution in [3.8, 4) is 0 Å². The van der Waals surface area contributed by atoms with Crippen LogP contribution in [0.1, 0.15) is 62.3 Å². The first-order valence-electron chi connectivity index (χ1n) is 6.74. The van der Waals surface area contributed by atoms with Crippen LogP contribution in [0.5, 0.6) is 0 Å². The van der Waals surface area contributed by atoms with Crippen LogP contribution in [-0.2, 0) is 0 Å². The maximum absolute atomic E-state index is 13.1. The molecule has 0 N–H and O–H groups in total. The molecule has 0 aliphatic carbocycles. The van der Waals surface area contributed by atoms with Crippen molar-refractivity contribution in [1.82, 2.24) is 0 Å². The maximum Gasteiger partial charge on any atom is 0.159 e. The molecular formula is C15H21BrF2. The standard InChI is InChI=1S/C15H21BrF2/c1-2-3-4-5-6-7-8-13(16)12-9-10-14(17)15(18)11-12/h9-11,13H,2-8H2,1H3. The molecular weight excluding hydrogens is 298 g/mol. The normalized spacial score (nSPS) is 12.7. The minimum Gasteiger partial charge on any atom is -0.204 e. The summed E-state index contributed by atoms with van der Waals surface area (Å²) in [7, 11) is 0. The fourth-order valence-electron chi connectivity index (χ4n) is 1.98. The molecule has 0 aliphatic heterocycles. The molecule has 0 radical (unpaired) electrons. The van der Waals surface area contributed by atoms with E-state index in [1.54, 1.807) is 6.07 Å². The molecule has 0 heterocycles. The van der Waals surface area contributed by atoms with Gasteiger partial charge in [-0.2, -0.15) is 0 Å². The van der Waals surface area contributed by atoms with Crippen LogP contribution in [0.3, 0.4) is 0 Å². The van der Waals surface area contributed by atoms with E-state index in [4.69, 9.17) is 0 Å². The molecule has 0 bridgehead atoms. The highest BCUT2D eigenvalue weighted by molar-refractivity contribution is 9.09. The zero-order chi connectivity index (χ0) is 13.4. The number of unbranched alkanes of at least 4 members (excludes halogenated alkanes) is 5. The average Bonchev–Trinajstić information content (AvgIpc) is 2.36. The Balaban J connectivity index is 2.27. The molecule has 3 heteroatoms. The smallest absolute Gasteiger partial charge is 0.159 e. The second-order valence-electron chi connectivity index (χ2n) is 4.70. The lowest BCUT2D eigenvalue weighted by atomic mass is 10.0. The lowest BCUT2D eigenvalue weighted by Gasteiger charge is -2.10. The molecule has 102 valence electrons. The lowest BCUT2D eigenvalue weighted by molar-refractivity contribution is 0.506. The molecule has 0 saturated heterocycles. The molecule has 1 unspecified atom stereocenters. The Morgan fingerprint density at radius 3 is 2.33 bits per heavy atom. The van der Waals surface area contributed by atoms with Gasteiger partial charge in [-0.15, -0.1) is 0 Å². The van der Waals surface area contributed by atoms with Crippen molar-refractivity contribution in [2.24, 2.45) is 0 Å². The summed E-state index contributed by atoms with van der Waals surface area (Å²) in [6.07, 6.45) is 8.44. The fraction of sp³-hybridized carbons (Fsp3) is 0.600. The number of hydrogen-bond donors (Lipinski definition) is 0. The van der Waals surface area contributed by atoms with Crippen LogP contribution in [-0.4, -0.2) is 0 Å². The molecule has 1 aromatic rings. The van der Waals surface area contributed by atoms with Crippen molar-refractivity contribution in [3.63, 3.8) is 0 Å². The van der Waals surface area contributed by atoms with Crippen LogP contribution in [0, 0.1) is 11.6 Å². The summed E-state index contributed by atoms with van der Waals surface area (Å²) in [5.41, 5.74) is 0.822. The third-order valence-electron chi connectivity index (χ3n) is 3.12. The highest BCUT2D eigenvalue weighted by atomic mass is 79.9. The highest BCUT2D eigenvalue weighted by Crippen LogP contribution is 2.29. The number of benzene rings is 1. The molecule has 0 amide bonds. The second-order valence-corrected chi connectivity index (χ2v) is 5.80. The van der Waals surface area contributed by atoms with Crippen LogP contribution < -0.4 is 0 Å². The Morgan fingerprint density at radius 2 is 1.67 bits per heavy atom. The van der Waals surface area contributed by atoms with Crippen LogP contribution in [0.15, 0.2) is 18.2 Å². The summed E-state index contributed by atoms with van der Waals surface area (Å²) in [6, 6.07) is 4.13. The predicted octanol–water partition coefficient (Wildman–Crippen LogP) is 6.15. The Hall–Kier alpha value is -0.440. The molecule has 0 aliphatic rings. The Morgan fingerprint density at radius 1 is 1.00 bits per heavy atom. The lowest BCUT2D eigenvalue weighted by Crippen LogP contribution is -1.93. The molecule has 1 rings (SSSR count). The van der Waals surface area contributed by atoms with Gasteiger partial charge in [0.15, 0.2) is 11.6 Å². The van der Waals surface area contributed by atoms with E-state index in [1.165, 1.54) is 44.2 Å². The first-order chi connectivity index (χ1) is 8.65. The topological polar surface area (TPSA) is 0 Å². The largest absolute Gasteiger partial charge is 0.204 e. The van der Waals surface area contributed by atoms with E-state index < -0.39 is 11.6 Å². The summed E-state index contributed by atoms with van der Waals surface area (Å²) in [5, 5.41) is 0. The van der Waals surface area contributed by atoms with Gasteiger partial charge in [0, 0.05) is 4.83 Å². The molecule has 18 heavy (non-hydrogen) atoms. The fourth-order valence-corrected chi connectivity index (χ4v) is 2.59. The van der Waals surface area contributed by atoms with Gasteiger partial charge in [-0.1, -0.05) is 67.4 Å². The van der Waals surface area contributed by atoms with E-state index >= 15 is 0 Å². The Bertz CT molecular complexity index is 352. The number of halogens is 3. The van der Waals surface area contributed by atoms with E-state index in [2.05, 4.69) is 22.9 Å². The first-order valence-corrected chi connectivity index (χ1v) is 7.65. The van der Waals surface area contributed by atoms with Crippen molar-refractivity contribution >= 4 is 15.9 Å². The molecule has 1 atom stereocenters. The van der Waals surface area contributed by atoms with Gasteiger partial charge in [0.2, 0.25) is 0 Å². The van der Waals surface area contributed by atoms with Crippen molar-refractivity contribution < 1.29 is 8.78 Å². The second kappa shape index (κ2) is 8.63. The molecule has 1 aromatic carbocycles. The van der Waals surface area contributed by atoms with Gasteiger partial charge in [0.1, 0.15) is 0 Å². The van der Waals surface area contributed by atoms with Gasteiger partial charge in [-0.25, -0.2) is 8.78 Å². The summed E-state index contributed by atoms with van der Waals surface area (Å²) >= 11 is 3.54. The number of hydrogen-bond acceptors (Lipinski definition) is 0. The predicted molar refractivity (Wildman–Crippen MR) is 76.0 cm³/mol. The minimum atomic E-state index is -0.780. The number of alkyl halides is 1. The minimum absolute atomic E-state index is 0.124. The van der Waals surface area contributed by atoms with Gasteiger partial charge in [0.05, 0.1) is 0 Å². The van der Waals surface area contributed by atoms with E-state index in [9.17, 15) is 8.78 Å². The first kappa shape index (κ1) is 15.6. The van der Waals surface area contributed by atoms with E-state index in [-0.39, 0.29) is 4.83 Å². The van der Waals surface area contributed by atoms with Gasteiger partial charge in [0.25, 0.3) is 0 Å². The summed E-state index contributed by atoms with van der Waals surface area (Å²) in [4.78, 5) is 0.124. The van der Waals surface area contributed by atoms with Crippen LogP contribution in [0.2, 0.25) is 0 Å². The Kier molecular flexibility index (Phi) is 7.48. The average molecular weight is 319 g/mol. The van der Waals surface area contributed by atoms with Crippen molar-refractivity contribution in [2.45, 2.75) is 56.7 Å². The van der Waals surface area contributed by atoms with Gasteiger partial charge in [-0.05, 0) is 24.1 Å². The van der Waals surface area contributed by atoms with Crippen molar-refractivity contribution in [2.75, 3.05) is 0 Å². The zero-order valence-electron chi connectivity index (χ0n) is 10.9. The quantitative estimate of drug-likeness (QED) is 0.398. The summed E-state index contributed by atoms with van der Waals surface area (Å²) < 4.78 is 25.9. The number of rotatable bonds is 8. The van der Waals surface area contributed by atoms with E-state index in [0.717, 1.165) is 18.4 Å². The van der Waals surface area contributed by atoms with Gasteiger partial charge >= 0.3 is 0 Å². The van der Waals surface area contributed by atoms with Crippen LogP contribution >= 0.6 is 15.9 Å². The molecule has 0 aromatic heterocycles. The summed E-state index contributed by atoms with van der Waals surface area (Å²) in [5.74, 6) is -1.54. The SMILES string of the molecule is CCCCCCCCC(Br)c1ccc(F)c(F)c1. The molecule has 0 nitrogen and oxygen atoms in total. The third kappa shape index (κ3) is 5.47. The van der Waals surface area contributed by atoms with Gasteiger partial charge < -0.3 is 0 Å². The van der Waals surface area contributed by atoms with Gasteiger partial charge in [-0.3, -0.25) is 0 Å². The van der Waals surface area contributed by atoms with E-state index in [1.807, 2.05) is 0 Å². The zero-order valence-corrected chi connectivity index (χ0v) is 12.5. The highest BCUT2D eigenvalue weighted by Gasteiger charge is 2.10. The molecule has 0 spiro atoms. The van der Waals surface area contributed by atoms with Crippen LogP contribution in [0.4, 0.5) is 8.78 Å². The van der Waals surface area contributed by atoms with Crippen LogP contribution in [0.25, 0.3) is 0 Å². The van der Waals surface area contributed by atoms with E-state index in [0.29, 0.717) is 0 Å². The van der Waals surface area contributed by atoms with Crippen molar-refractivity contribution in [1.29, 1.82) is 0 Å².